The van der Waals surface area contributed by atoms with Crippen molar-refractivity contribution in [1.29, 1.82) is 0 Å². The van der Waals surface area contributed by atoms with Gasteiger partial charge in [0.05, 0.1) is 6.10 Å². The van der Waals surface area contributed by atoms with Gasteiger partial charge >= 0.3 is 17.9 Å². The molecule has 9 atom stereocenters. The molecular weight excluding hydrogens is 460 g/mol. The van der Waals surface area contributed by atoms with Crippen LogP contribution in [0.2, 0.25) is 0 Å². The zero-order chi connectivity index (χ0) is 26.0. The topological polar surface area (TPSA) is 88.1 Å². The molecule has 5 aliphatic rings. The summed E-state index contributed by atoms with van der Waals surface area (Å²) >= 11 is 0. The largest absolute Gasteiger partial charge is 0.436 e. The number of hydrogen-bond donors (Lipinski definition) is 0. The molecule has 0 aromatic carbocycles. The SMILES string of the molecule is CC(=O)O[C@H]1OC(=O)C=C1[C@H]1C[C@@H]2[C@H](CC[C@H]3[C@@]2(C)CC[C@H]2C(C)(C)CCC[C@]32C)[C@@H](OC(C)=O)O1. The molecule has 5 rings (SSSR count). The fraction of sp³-hybridized carbons (Fsp3) is 0.828. The van der Waals surface area contributed by atoms with E-state index in [0.29, 0.717) is 29.2 Å². The maximum Gasteiger partial charge on any atom is 0.334 e. The van der Waals surface area contributed by atoms with Crippen LogP contribution in [0.25, 0.3) is 0 Å². The number of cyclic esters (lactones) is 1. The smallest absolute Gasteiger partial charge is 0.334 e. The molecule has 200 valence electrons. The highest BCUT2D eigenvalue weighted by Gasteiger charge is 2.64. The molecule has 0 spiro atoms. The highest BCUT2D eigenvalue weighted by molar-refractivity contribution is 5.86. The van der Waals surface area contributed by atoms with Crippen LogP contribution in [-0.4, -0.2) is 36.6 Å². The van der Waals surface area contributed by atoms with Crippen molar-refractivity contribution in [2.24, 2.45) is 39.9 Å². The van der Waals surface area contributed by atoms with E-state index in [1.165, 1.54) is 45.6 Å². The molecule has 3 aliphatic carbocycles. The Morgan fingerprint density at radius 1 is 0.917 bits per heavy atom. The van der Waals surface area contributed by atoms with Gasteiger partial charge in [0.15, 0.2) is 0 Å². The number of ether oxygens (including phenoxy) is 4. The van der Waals surface area contributed by atoms with Crippen LogP contribution in [0.1, 0.15) is 92.9 Å². The van der Waals surface area contributed by atoms with Gasteiger partial charge in [-0.1, -0.05) is 34.1 Å². The van der Waals surface area contributed by atoms with Gasteiger partial charge in [-0.05, 0) is 78.9 Å². The summed E-state index contributed by atoms with van der Waals surface area (Å²) in [6, 6.07) is 0. The molecule has 7 heteroatoms. The lowest BCUT2D eigenvalue weighted by Gasteiger charge is -2.67. The van der Waals surface area contributed by atoms with Crippen molar-refractivity contribution in [2.75, 3.05) is 0 Å². The van der Waals surface area contributed by atoms with E-state index in [1.807, 2.05) is 0 Å². The molecule has 1 saturated heterocycles. The molecular formula is C29H42O7. The van der Waals surface area contributed by atoms with Crippen molar-refractivity contribution in [1.82, 2.24) is 0 Å². The normalized spacial score (nSPS) is 45.3. The van der Waals surface area contributed by atoms with Crippen molar-refractivity contribution in [3.63, 3.8) is 0 Å². The van der Waals surface area contributed by atoms with Crippen molar-refractivity contribution in [3.8, 4) is 0 Å². The first-order valence-electron chi connectivity index (χ1n) is 13.8. The summed E-state index contributed by atoms with van der Waals surface area (Å²) in [5, 5.41) is 0. The van der Waals surface area contributed by atoms with E-state index in [9.17, 15) is 14.4 Å². The number of esters is 3. The first-order chi connectivity index (χ1) is 16.8. The highest BCUT2D eigenvalue weighted by atomic mass is 16.7. The quantitative estimate of drug-likeness (QED) is 0.483. The number of hydrogen-bond acceptors (Lipinski definition) is 7. The number of rotatable bonds is 3. The van der Waals surface area contributed by atoms with E-state index in [2.05, 4.69) is 27.7 Å². The van der Waals surface area contributed by atoms with Crippen molar-refractivity contribution < 1.29 is 33.3 Å². The van der Waals surface area contributed by atoms with Crippen LogP contribution in [0.3, 0.4) is 0 Å². The molecule has 36 heavy (non-hydrogen) atoms. The summed E-state index contributed by atoms with van der Waals surface area (Å²) in [4.78, 5) is 35.9. The van der Waals surface area contributed by atoms with E-state index in [1.54, 1.807) is 0 Å². The Bertz CT molecular complexity index is 969. The molecule has 0 N–H and O–H groups in total. The van der Waals surface area contributed by atoms with Crippen LogP contribution in [0, 0.1) is 39.9 Å². The molecule has 0 aromatic heterocycles. The van der Waals surface area contributed by atoms with E-state index >= 15 is 0 Å². The third kappa shape index (κ3) is 4.10. The summed E-state index contributed by atoms with van der Waals surface area (Å²) in [6.07, 6.45) is 8.06. The first kappa shape index (κ1) is 25.7. The molecule has 3 saturated carbocycles. The molecule has 2 aliphatic heterocycles. The Labute approximate surface area is 214 Å². The maximum absolute atomic E-state index is 12.2. The maximum atomic E-state index is 12.2. The second-order valence-corrected chi connectivity index (χ2v) is 13.2. The summed E-state index contributed by atoms with van der Waals surface area (Å²) in [5.41, 5.74) is 1.22. The number of carbonyl (C=O) groups is 3. The van der Waals surface area contributed by atoms with Gasteiger partial charge in [0, 0.05) is 31.4 Å². The number of carbonyl (C=O) groups excluding carboxylic acids is 3. The Balaban J connectivity index is 1.49. The summed E-state index contributed by atoms with van der Waals surface area (Å²) in [5.74, 6) is 0.218. The van der Waals surface area contributed by atoms with E-state index in [0.717, 1.165) is 19.3 Å². The molecule has 7 nitrogen and oxygen atoms in total. The third-order valence-electron chi connectivity index (χ3n) is 10.8. The highest BCUT2D eigenvalue weighted by Crippen LogP contribution is 2.70. The van der Waals surface area contributed by atoms with Gasteiger partial charge in [-0.2, -0.15) is 0 Å². The lowest BCUT2D eigenvalue weighted by atomic mass is 9.38. The minimum absolute atomic E-state index is 0.0724. The minimum Gasteiger partial charge on any atom is -0.436 e. The first-order valence-corrected chi connectivity index (χ1v) is 13.8. The van der Waals surface area contributed by atoms with E-state index in [-0.39, 0.29) is 28.6 Å². The number of fused-ring (bicyclic) bond motifs is 5. The molecule has 0 unspecified atom stereocenters. The van der Waals surface area contributed by atoms with Crippen molar-refractivity contribution in [2.45, 2.75) is 112 Å². The fourth-order valence-electron chi connectivity index (χ4n) is 9.55. The second kappa shape index (κ2) is 8.85. The summed E-state index contributed by atoms with van der Waals surface area (Å²) in [7, 11) is 0. The molecule has 2 heterocycles. The lowest BCUT2D eigenvalue weighted by molar-refractivity contribution is -0.270. The van der Waals surface area contributed by atoms with Crippen LogP contribution < -0.4 is 0 Å². The van der Waals surface area contributed by atoms with Crippen molar-refractivity contribution in [3.05, 3.63) is 11.6 Å². The molecule has 0 aromatic rings. The Morgan fingerprint density at radius 2 is 1.64 bits per heavy atom. The van der Waals surface area contributed by atoms with Gasteiger partial charge in [-0.15, -0.1) is 0 Å². The van der Waals surface area contributed by atoms with Gasteiger partial charge in [0.2, 0.25) is 6.29 Å². The standard InChI is InChI=1S/C29H42O7/c1-16(30)33-25-18-8-9-23-28(5,13-10-22-27(3,4)11-7-12-29(22,23)6)20(18)15-21(35-25)19-14-24(32)36-26(19)34-17(2)31/h14,18,20-23,25-26H,7-13,15H2,1-6H3/t18-,20+,21+,22-,23-,25-,26-,28-,29-/m0/s1. The molecule has 4 fully saturated rings. The van der Waals surface area contributed by atoms with Crippen LogP contribution in [0.4, 0.5) is 0 Å². The zero-order valence-corrected chi connectivity index (χ0v) is 22.6. The Kier molecular flexibility index (Phi) is 6.33. The van der Waals surface area contributed by atoms with Gasteiger partial charge in [-0.25, -0.2) is 4.79 Å². The van der Waals surface area contributed by atoms with E-state index < -0.39 is 30.6 Å². The second-order valence-electron chi connectivity index (χ2n) is 13.2. The monoisotopic (exact) mass is 502 g/mol. The Morgan fingerprint density at radius 3 is 2.33 bits per heavy atom. The van der Waals surface area contributed by atoms with Crippen LogP contribution in [-0.2, 0) is 33.3 Å². The molecule has 0 amide bonds. The van der Waals surface area contributed by atoms with Gasteiger partial charge in [-0.3, -0.25) is 9.59 Å². The molecule has 0 radical (unpaired) electrons. The summed E-state index contributed by atoms with van der Waals surface area (Å²) < 4.78 is 22.7. The van der Waals surface area contributed by atoms with Crippen LogP contribution >= 0.6 is 0 Å². The average Bonchev–Trinajstić information content (AvgIpc) is 3.11. The molecule has 0 bridgehead atoms. The Hall–Kier alpha value is -1.89. The fourth-order valence-corrected chi connectivity index (χ4v) is 9.55. The van der Waals surface area contributed by atoms with E-state index in [4.69, 9.17) is 18.9 Å². The zero-order valence-electron chi connectivity index (χ0n) is 22.6. The van der Waals surface area contributed by atoms with Crippen molar-refractivity contribution >= 4 is 17.9 Å². The lowest BCUT2D eigenvalue weighted by Crippen LogP contribution is -2.62. The predicted octanol–water partition coefficient (Wildman–Crippen LogP) is 5.31. The van der Waals surface area contributed by atoms with Gasteiger partial charge in [0.25, 0.3) is 6.29 Å². The predicted molar refractivity (Wildman–Crippen MR) is 131 cm³/mol. The van der Waals surface area contributed by atoms with Gasteiger partial charge in [0.1, 0.15) is 0 Å². The minimum atomic E-state index is -1.09. The van der Waals surface area contributed by atoms with Gasteiger partial charge < -0.3 is 18.9 Å². The third-order valence-corrected chi connectivity index (χ3v) is 10.8. The van der Waals surface area contributed by atoms with Crippen LogP contribution in [0.15, 0.2) is 11.6 Å². The van der Waals surface area contributed by atoms with Crippen LogP contribution in [0.5, 0.6) is 0 Å². The average molecular weight is 503 g/mol. The summed E-state index contributed by atoms with van der Waals surface area (Å²) in [6.45, 7) is 12.6.